The van der Waals surface area contributed by atoms with Crippen LogP contribution < -0.4 is 10.5 Å². The predicted octanol–water partition coefficient (Wildman–Crippen LogP) is 4.48. The minimum Gasteiger partial charge on any atom is -0.487 e. The molecule has 0 spiro atoms. The number of hydrogen-bond donors (Lipinski definition) is 1. The van der Waals surface area contributed by atoms with Gasteiger partial charge in [-0.2, -0.15) is 0 Å². The zero-order valence-electron chi connectivity index (χ0n) is 11.8. The number of hydrogen-bond acceptors (Lipinski definition) is 2. The Labute approximate surface area is 128 Å². The molecule has 0 saturated carbocycles. The van der Waals surface area contributed by atoms with Gasteiger partial charge in [-0.3, -0.25) is 0 Å². The van der Waals surface area contributed by atoms with E-state index >= 15 is 0 Å². The fourth-order valence-corrected chi connectivity index (χ4v) is 2.67. The number of fused-ring (bicyclic) bond motifs is 1. The van der Waals surface area contributed by atoms with Crippen molar-refractivity contribution in [1.29, 1.82) is 0 Å². The van der Waals surface area contributed by atoms with Gasteiger partial charge in [0.2, 0.25) is 0 Å². The van der Waals surface area contributed by atoms with Crippen molar-refractivity contribution < 1.29 is 4.74 Å². The number of nitrogen functional groups attached to an aromatic ring is 1. The molecule has 0 bridgehead atoms. The molecule has 0 radical (unpaired) electrons. The minimum absolute atomic E-state index is 0.483. The van der Waals surface area contributed by atoms with Crippen LogP contribution >= 0.6 is 11.6 Å². The first kappa shape index (κ1) is 13.8. The van der Waals surface area contributed by atoms with Gasteiger partial charge in [0.25, 0.3) is 0 Å². The molecule has 108 valence electrons. The SMILES string of the molecule is CCn1cc(COc2ccccc2Cl)c2ccc(N)cc21. The maximum Gasteiger partial charge on any atom is 0.138 e. The average molecular weight is 301 g/mol. The van der Waals surface area contributed by atoms with E-state index in [0.29, 0.717) is 17.4 Å². The van der Waals surface area contributed by atoms with Gasteiger partial charge in [0.15, 0.2) is 0 Å². The fourth-order valence-electron chi connectivity index (χ4n) is 2.48. The maximum atomic E-state index is 6.12. The van der Waals surface area contributed by atoms with Crippen molar-refractivity contribution >= 4 is 28.2 Å². The zero-order chi connectivity index (χ0) is 14.8. The van der Waals surface area contributed by atoms with Crippen LogP contribution in [-0.4, -0.2) is 4.57 Å². The second-order valence-electron chi connectivity index (χ2n) is 4.94. The van der Waals surface area contributed by atoms with Gasteiger partial charge in [0.05, 0.1) is 10.5 Å². The molecular formula is C17H17ClN2O. The number of anilines is 1. The van der Waals surface area contributed by atoms with Gasteiger partial charge >= 0.3 is 0 Å². The number of aromatic nitrogens is 1. The van der Waals surface area contributed by atoms with E-state index in [-0.39, 0.29) is 0 Å². The van der Waals surface area contributed by atoms with E-state index in [1.807, 2.05) is 42.5 Å². The normalized spacial score (nSPS) is 11.0. The van der Waals surface area contributed by atoms with Crippen molar-refractivity contribution in [2.24, 2.45) is 0 Å². The quantitative estimate of drug-likeness (QED) is 0.722. The highest BCUT2D eigenvalue weighted by molar-refractivity contribution is 6.32. The molecular weight excluding hydrogens is 284 g/mol. The van der Waals surface area contributed by atoms with Crippen LogP contribution in [0.5, 0.6) is 5.75 Å². The van der Waals surface area contributed by atoms with Gasteiger partial charge in [0.1, 0.15) is 12.4 Å². The second kappa shape index (κ2) is 5.70. The first-order valence-corrected chi connectivity index (χ1v) is 7.31. The largest absolute Gasteiger partial charge is 0.487 e. The van der Waals surface area contributed by atoms with Crippen molar-refractivity contribution in [3.63, 3.8) is 0 Å². The number of benzene rings is 2. The molecule has 3 aromatic rings. The summed E-state index contributed by atoms with van der Waals surface area (Å²) < 4.78 is 8.02. The number of ether oxygens (including phenoxy) is 1. The minimum atomic E-state index is 0.483. The summed E-state index contributed by atoms with van der Waals surface area (Å²) in [5.74, 6) is 0.701. The highest BCUT2D eigenvalue weighted by atomic mass is 35.5. The second-order valence-corrected chi connectivity index (χ2v) is 5.34. The summed E-state index contributed by atoms with van der Waals surface area (Å²) in [5, 5.41) is 1.79. The van der Waals surface area contributed by atoms with Crippen molar-refractivity contribution in [1.82, 2.24) is 4.57 Å². The number of aryl methyl sites for hydroxylation is 1. The summed E-state index contributed by atoms with van der Waals surface area (Å²) in [6, 6.07) is 13.5. The van der Waals surface area contributed by atoms with E-state index in [9.17, 15) is 0 Å². The van der Waals surface area contributed by atoms with E-state index < -0.39 is 0 Å². The molecule has 1 aromatic heterocycles. The number of halogens is 1. The molecule has 2 aromatic carbocycles. The molecule has 0 fully saturated rings. The molecule has 0 amide bonds. The standard InChI is InChI=1S/C17H17ClN2O/c1-2-20-10-12(14-8-7-13(19)9-16(14)20)11-21-17-6-4-3-5-15(17)18/h3-10H,2,11,19H2,1H3. The lowest BCUT2D eigenvalue weighted by Crippen LogP contribution is -1.95. The lowest BCUT2D eigenvalue weighted by atomic mass is 10.1. The summed E-state index contributed by atoms with van der Waals surface area (Å²) in [6.07, 6.45) is 2.11. The Morgan fingerprint density at radius 3 is 2.76 bits per heavy atom. The lowest BCUT2D eigenvalue weighted by Gasteiger charge is -2.06. The van der Waals surface area contributed by atoms with E-state index in [1.165, 1.54) is 0 Å². The molecule has 0 unspecified atom stereocenters. The average Bonchev–Trinajstić information content (AvgIpc) is 2.83. The number of rotatable bonds is 4. The molecule has 3 nitrogen and oxygen atoms in total. The Morgan fingerprint density at radius 1 is 1.19 bits per heavy atom. The molecule has 2 N–H and O–H groups in total. The summed E-state index contributed by atoms with van der Waals surface area (Å²) >= 11 is 6.12. The van der Waals surface area contributed by atoms with E-state index in [0.717, 1.165) is 28.7 Å². The Balaban J connectivity index is 1.92. The molecule has 0 atom stereocenters. The van der Waals surface area contributed by atoms with Crippen molar-refractivity contribution in [2.45, 2.75) is 20.1 Å². The Kier molecular flexibility index (Phi) is 3.76. The lowest BCUT2D eigenvalue weighted by molar-refractivity contribution is 0.307. The molecule has 0 saturated heterocycles. The molecule has 4 heteroatoms. The predicted molar refractivity (Wildman–Crippen MR) is 87.8 cm³/mol. The highest BCUT2D eigenvalue weighted by Gasteiger charge is 2.09. The first-order chi connectivity index (χ1) is 10.2. The molecule has 0 aliphatic carbocycles. The van der Waals surface area contributed by atoms with Crippen LogP contribution in [0.25, 0.3) is 10.9 Å². The summed E-state index contributed by atoms with van der Waals surface area (Å²) in [4.78, 5) is 0. The Hall–Kier alpha value is -2.13. The van der Waals surface area contributed by atoms with Crippen molar-refractivity contribution in [3.05, 3.63) is 59.2 Å². The third kappa shape index (κ3) is 2.69. The van der Waals surface area contributed by atoms with Gasteiger partial charge in [-0.15, -0.1) is 0 Å². The third-order valence-electron chi connectivity index (χ3n) is 3.55. The van der Waals surface area contributed by atoms with Crippen LogP contribution in [-0.2, 0) is 13.2 Å². The smallest absolute Gasteiger partial charge is 0.138 e. The van der Waals surface area contributed by atoms with Gasteiger partial charge in [0, 0.05) is 29.4 Å². The van der Waals surface area contributed by atoms with Crippen molar-refractivity contribution in [2.75, 3.05) is 5.73 Å². The van der Waals surface area contributed by atoms with Gasteiger partial charge in [-0.1, -0.05) is 29.8 Å². The maximum absolute atomic E-state index is 6.12. The van der Waals surface area contributed by atoms with E-state index in [4.69, 9.17) is 22.1 Å². The van der Waals surface area contributed by atoms with E-state index in [1.54, 1.807) is 0 Å². The third-order valence-corrected chi connectivity index (χ3v) is 3.86. The van der Waals surface area contributed by atoms with E-state index in [2.05, 4.69) is 17.7 Å². The van der Waals surface area contributed by atoms with Crippen LogP contribution in [0, 0.1) is 0 Å². The fraction of sp³-hybridized carbons (Fsp3) is 0.176. The monoisotopic (exact) mass is 300 g/mol. The van der Waals surface area contributed by atoms with Crippen LogP contribution in [0.4, 0.5) is 5.69 Å². The molecule has 0 aliphatic rings. The molecule has 0 aliphatic heterocycles. The Bertz CT molecular complexity index is 780. The number of nitrogens with two attached hydrogens (primary N) is 1. The summed E-state index contributed by atoms with van der Waals surface area (Å²) in [7, 11) is 0. The molecule has 21 heavy (non-hydrogen) atoms. The summed E-state index contributed by atoms with van der Waals surface area (Å²) in [6.45, 7) is 3.49. The van der Waals surface area contributed by atoms with Crippen LogP contribution in [0.3, 0.4) is 0 Å². The van der Waals surface area contributed by atoms with Crippen molar-refractivity contribution in [3.8, 4) is 5.75 Å². The van der Waals surface area contributed by atoms with Crippen LogP contribution in [0.1, 0.15) is 12.5 Å². The van der Waals surface area contributed by atoms with Gasteiger partial charge < -0.3 is 15.0 Å². The first-order valence-electron chi connectivity index (χ1n) is 6.93. The topological polar surface area (TPSA) is 40.2 Å². The van der Waals surface area contributed by atoms with Gasteiger partial charge in [-0.25, -0.2) is 0 Å². The number of para-hydroxylation sites is 1. The molecule has 1 heterocycles. The van der Waals surface area contributed by atoms with Crippen LogP contribution in [0.15, 0.2) is 48.7 Å². The molecule has 3 rings (SSSR count). The highest BCUT2D eigenvalue weighted by Crippen LogP contribution is 2.27. The number of nitrogens with zero attached hydrogens (tertiary/aromatic N) is 1. The van der Waals surface area contributed by atoms with Gasteiger partial charge in [-0.05, 0) is 31.2 Å². The zero-order valence-corrected chi connectivity index (χ0v) is 12.6. The van der Waals surface area contributed by atoms with Crippen LogP contribution in [0.2, 0.25) is 5.02 Å². The Morgan fingerprint density at radius 2 is 2.00 bits per heavy atom. The summed E-state index contributed by atoms with van der Waals surface area (Å²) in [5.41, 5.74) is 8.92.